The SMILES string of the molecule is CC[C@@H]1CC(NCc2cc(C(F)(F)F)cc(C(F)(F)F)c2)C[C@H](CC)N1C(=O)OC(C)(C)C. The second kappa shape index (κ2) is 10.1. The molecule has 1 aromatic rings. The molecule has 1 saturated heterocycles. The fourth-order valence-electron chi connectivity index (χ4n) is 4.17. The van der Waals surface area contributed by atoms with Crippen LogP contribution in [0.1, 0.15) is 77.0 Å². The van der Waals surface area contributed by atoms with Gasteiger partial charge in [0.2, 0.25) is 0 Å². The van der Waals surface area contributed by atoms with E-state index < -0.39 is 35.2 Å². The molecule has 188 valence electrons. The Morgan fingerprint density at radius 2 is 1.39 bits per heavy atom. The Morgan fingerprint density at radius 1 is 0.939 bits per heavy atom. The number of nitrogens with one attached hydrogen (secondary N) is 1. The normalized spacial score (nSPS) is 22.4. The fraction of sp³-hybridized carbons (Fsp3) is 0.696. The van der Waals surface area contributed by atoms with E-state index in [-0.39, 0.29) is 36.3 Å². The molecule has 0 saturated carbocycles. The van der Waals surface area contributed by atoms with E-state index >= 15 is 0 Å². The predicted molar refractivity (Wildman–Crippen MR) is 113 cm³/mol. The number of hydrogen-bond acceptors (Lipinski definition) is 3. The molecule has 10 heteroatoms. The highest BCUT2D eigenvalue weighted by atomic mass is 19.4. The van der Waals surface area contributed by atoms with Crippen molar-refractivity contribution in [3.05, 3.63) is 34.9 Å². The first kappa shape index (κ1) is 27.3. The summed E-state index contributed by atoms with van der Waals surface area (Å²) in [6, 6.07) is 1.15. The van der Waals surface area contributed by atoms with Gasteiger partial charge in [0.15, 0.2) is 0 Å². The van der Waals surface area contributed by atoms with Crippen LogP contribution < -0.4 is 5.32 Å². The Morgan fingerprint density at radius 3 is 1.76 bits per heavy atom. The first-order chi connectivity index (χ1) is 15.0. The molecular weight excluding hydrogens is 450 g/mol. The average Bonchev–Trinajstić information content (AvgIpc) is 2.68. The van der Waals surface area contributed by atoms with Crippen LogP contribution in [0.4, 0.5) is 31.1 Å². The number of hydrogen-bond donors (Lipinski definition) is 1. The van der Waals surface area contributed by atoms with Crippen molar-refractivity contribution in [1.29, 1.82) is 0 Å². The summed E-state index contributed by atoms with van der Waals surface area (Å²) in [7, 11) is 0. The molecule has 0 aromatic heterocycles. The smallest absolute Gasteiger partial charge is 0.416 e. The Bertz CT molecular complexity index is 770. The molecule has 3 atom stereocenters. The third kappa shape index (κ3) is 7.52. The molecule has 4 nitrogen and oxygen atoms in total. The highest BCUT2D eigenvalue weighted by Gasteiger charge is 2.39. The van der Waals surface area contributed by atoms with Gasteiger partial charge in [0.1, 0.15) is 5.60 Å². The molecule has 0 radical (unpaired) electrons. The molecule has 0 aliphatic carbocycles. The lowest BCUT2D eigenvalue weighted by atomic mass is 9.88. The number of rotatable bonds is 5. The van der Waals surface area contributed by atoms with Gasteiger partial charge in [-0.2, -0.15) is 26.3 Å². The molecule has 0 bridgehead atoms. The number of nitrogens with zero attached hydrogens (tertiary/aromatic N) is 1. The molecule has 1 aromatic carbocycles. The molecular formula is C23H32F6N2O2. The van der Waals surface area contributed by atoms with E-state index in [9.17, 15) is 31.1 Å². The minimum absolute atomic E-state index is 0.0900. The molecule has 1 unspecified atom stereocenters. The first-order valence-electron chi connectivity index (χ1n) is 11.1. The summed E-state index contributed by atoms with van der Waals surface area (Å²) in [5.41, 5.74) is -3.39. The van der Waals surface area contributed by atoms with Crippen LogP contribution in [0.15, 0.2) is 18.2 Å². The quantitative estimate of drug-likeness (QED) is 0.471. The average molecular weight is 483 g/mol. The van der Waals surface area contributed by atoms with E-state index in [0.717, 1.165) is 12.1 Å². The van der Waals surface area contributed by atoms with Gasteiger partial charge in [-0.25, -0.2) is 4.79 Å². The van der Waals surface area contributed by atoms with Gasteiger partial charge in [0.25, 0.3) is 0 Å². The lowest BCUT2D eigenvalue weighted by molar-refractivity contribution is -0.143. The maximum absolute atomic E-state index is 13.1. The number of benzene rings is 1. The van der Waals surface area contributed by atoms with Crippen molar-refractivity contribution >= 4 is 6.09 Å². The van der Waals surface area contributed by atoms with E-state index in [4.69, 9.17) is 4.74 Å². The van der Waals surface area contributed by atoms with Gasteiger partial charge in [-0.05, 0) is 70.2 Å². The van der Waals surface area contributed by atoms with Crippen LogP contribution in [0.25, 0.3) is 0 Å². The number of alkyl halides is 6. The van der Waals surface area contributed by atoms with Gasteiger partial charge in [0, 0.05) is 24.7 Å². The fourth-order valence-corrected chi connectivity index (χ4v) is 4.17. The van der Waals surface area contributed by atoms with Crippen molar-refractivity contribution in [2.24, 2.45) is 0 Å². The number of carbonyl (C=O) groups is 1. The van der Waals surface area contributed by atoms with Crippen LogP contribution in [0, 0.1) is 0 Å². The Balaban J connectivity index is 2.19. The third-order valence-electron chi connectivity index (χ3n) is 5.69. The zero-order chi connectivity index (χ0) is 25.2. The highest BCUT2D eigenvalue weighted by molar-refractivity contribution is 5.69. The number of likely N-dealkylation sites (tertiary alicyclic amines) is 1. The summed E-state index contributed by atoms with van der Waals surface area (Å²) in [6.07, 6.45) is -7.82. The maximum atomic E-state index is 13.1. The molecule has 0 spiro atoms. The number of amides is 1. The van der Waals surface area contributed by atoms with Gasteiger partial charge >= 0.3 is 18.4 Å². The zero-order valence-corrected chi connectivity index (χ0v) is 19.5. The summed E-state index contributed by atoms with van der Waals surface area (Å²) >= 11 is 0. The first-order valence-corrected chi connectivity index (χ1v) is 11.1. The second-order valence-electron chi connectivity index (χ2n) is 9.48. The lowest BCUT2D eigenvalue weighted by Crippen LogP contribution is -2.56. The summed E-state index contributed by atoms with van der Waals surface area (Å²) in [4.78, 5) is 14.5. The van der Waals surface area contributed by atoms with E-state index in [1.807, 2.05) is 13.8 Å². The van der Waals surface area contributed by atoms with Gasteiger partial charge < -0.3 is 15.0 Å². The highest BCUT2D eigenvalue weighted by Crippen LogP contribution is 2.36. The summed E-state index contributed by atoms with van der Waals surface area (Å²) in [5.74, 6) is 0. The standard InChI is InChI=1S/C23H32F6N2O2/c1-6-18-11-17(12-19(7-2)31(18)20(32)33-21(3,4)5)30-13-14-8-15(22(24,25)26)10-16(9-14)23(27,28)29/h8-10,17-19,30H,6-7,11-13H2,1-5H3/t17?,18-,19+. The van der Waals surface area contributed by atoms with E-state index in [1.165, 1.54) is 0 Å². The minimum Gasteiger partial charge on any atom is -0.444 e. The van der Waals surface area contributed by atoms with E-state index in [2.05, 4.69) is 5.32 Å². The zero-order valence-electron chi connectivity index (χ0n) is 19.5. The largest absolute Gasteiger partial charge is 0.444 e. The molecule has 1 fully saturated rings. The molecule has 2 rings (SSSR count). The van der Waals surface area contributed by atoms with Gasteiger partial charge in [0.05, 0.1) is 11.1 Å². The molecule has 1 heterocycles. The monoisotopic (exact) mass is 482 g/mol. The number of carbonyl (C=O) groups excluding carboxylic acids is 1. The molecule has 1 amide bonds. The lowest BCUT2D eigenvalue weighted by Gasteiger charge is -2.45. The molecule has 1 aliphatic heterocycles. The van der Waals surface area contributed by atoms with Gasteiger partial charge in [-0.15, -0.1) is 0 Å². The van der Waals surface area contributed by atoms with Crippen molar-refractivity contribution in [1.82, 2.24) is 10.2 Å². The van der Waals surface area contributed by atoms with E-state index in [0.29, 0.717) is 25.7 Å². The second-order valence-corrected chi connectivity index (χ2v) is 9.48. The van der Waals surface area contributed by atoms with Crippen molar-refractivity contribution in [3.63, 3.8) is 0 Å². The summed E-state index contributed by atoms with van der Waals surface area (Å²) in [6.45, 7) is 9.07. The van der Waals surface area contributed by atoms with Crippen LogP contribution >= 0.6 is 0 Å². The van der Waals surface area contributed by atoms with Gasteiger partial charge in [-0.3, -0.25) is 0 Å². The van der Waals surface area contributed by atoms with Gasteiger partial charge in [-0.1, -0.05) is 13.8 Å². The minimum atomic E-state index is -4.88. The Labute approximate surface area is 190 Å². The maximum Gasteiger partial charge on any atom is 0.416 e. The van der Waals surface area contributed by atoms with Crippen molar-refractivity contribution in [3.8, 4) is 0 Å². The summed E-state index contributed by atoms with van der Waals surface area (Å²) < 4.78 is 84.3. The number of halogens is 6. The van der Waals surface area contributed by atoms with Crippen LogP contribution in [-0.2, 0) is 23.6 Å². The number of ether oxygens (including phenoxy) is 1. The van der Waals surface area contributed by atoms with Crippen molar-refractivity contribution in [2.45, 2.75) is 103 Å². The van der Waals surface area contributed by atoms with Crippen molar-refractivity contribution < 1.29 is 35.9 Å². The van der Waals surface area contributed by atoms with Crippen LogP contribution in [-0.4, -0.2) is 34.7 Å². The predicted octanol–water partition coefficient (Wildman–Crippen LogP) is 6.77. The molecule has 1 aliphatic rings. The van der Waals surface area contributed by atoms with Crippen LogP contribution in [0.3, 0.4) is 0 Å². The Hall–Kier alpha value is -1.97. The Kier molecular flexibility index (Phi) is 8.36. The van der Waals surface area contributed by atoms with E-state index in [1.54, 1.807) is 25.7 Å². The molecule has 1 N–H and O–H groups in total. The third-order valence-corrected chi connectivity index (χ3v) is 5.69. The molecule has 33 heavy (non-hydrogen) atoms. The number of piperidine rings is 1. The summed E-state index contributed by atoms with van der Waals surface area (Å²) in [5, 5.41) is 3.12. The van der Waals surface area contributed by atoms with Crippen molar-refractivity contribution in [2.75, 3.05) is 0 Å². The van der Waals surface area contributed by atoms with Crippen LogP contribution in [0.5, 0.6) is 0 Å². The van der Waals surface area contributed by atoms with Crippen LogP contribution in [0.2, 0.25) is 0 Å². The topological polar surface area (TPSA) is 41.6 Å².